The Labute approximate surface area is 228 Å². The van der Waals surface area contributed by atoms with Crippen LogP contribution in [0.15, 0.2) is 50.4 Å². The number of allylic oxidation sites excluding steroid dienone is 1. The Morgan fingerprint density at radius 3 is 2.24 bits per heavy atom. The van der Waals surface area contributed by atoms with Crippen molar-refractivity contribution < 1.29 is 28.2 Å². The van der Waals surface area contributed by atoms with Crippen molar-refractivity contribution >= 4 is 69.7 Å². The standard InChI is InChI=1S/C27H24FNO5S3/c1-13-10-17-18(11-14(13)2)29(26(32)34-6)27(3,4)23(35)19(17)25-36-21(22(37-25)24(31)33-5)20(30)15-8-7-9-16(28)12-15/h7-12H,1-6H3. The molecule has 2 aromatic rings. The van der Waals surface area contributed by atoms with Gasteiger partial charge in [-0.2, -0.15) is 0 Å². The van der Waals surface area contributed by atoms with Crippen molar-refractivity contribution in [3.05, 3.63) is 78.5 Å². The third kappa shape index (κ3) is 4.62. The molecule has 4 rings (SSSR count). The van der Waals surface area contributed by atoms with E-state index < -0.39 is 29.2 Å². The number of halogens is 1. The maximum Gasteiger partial charge on any atom is 0.414 e. The van der Waals surface area contributed by atoms with Gasteiger partial charge in [-0.25, -0.2) is 14.0 Å². The maximum absolute atomic E-state index is 13.9. The van der Waals surface area contributed by atoms with Gasteiger partial charge in [-0.15, -0.1) is 0 Å². The van der Waals surface area contributed by atoms with Gasteiger partial charge in [0.25, 0.3) is 0 Å². The lowest BCUT2D eigenvalue weighted by Gasteiger charge is -2.44. The predicted octanol–water partition coefficient (Wildman–Crippen LogP) is 6.59. The average Bonchev–Trinajstić information content (AvgIpc) is 3.30. The minimum absolute atomic E-state index is 0.102. The van der Waals surface area contributed by atoms with Crippen molar-refractivity contribution in [2.24, 2.45) is 0 Å². The van der Waals surface area contributed by atoms with Crippen LogP contribution < -0.4 is 4.90 Å². The summed E-state index contributed by atoms with van der Waals surface area (Å²) in [5, 5.41) is 0. The number of carbonyl (C=O) groups is 3. The monoisotopic (exact) mass is 557 g/mol. The number of Topliss-reactive ketones (excluding diaryl/α,β-unsaturated/α-hetero) is 1. The van der Waals surface area contributed by atoms with E-state index in [4.69, 9.17) is 21.7 Å². The highest BCUT2D eigenvalue weighted by Gasteiger charge is 2.46. The number of rotatable bonds is 3. The van der Waals surface area contributed by atoms with Crippen LogP contribution in [0.5, 0.6) is 0 Å². The van der Waals surface area contributed by atoms with Crippen LogP contribution in [0.2, 0.25) is 0 Å². The third-order valence-electron chi connectivity index (χ3n) is 6.28. The number of methoxy groups -OCH3 is 2. The number of thiocarbonyl (C=S) groups is 1. The Morgan fingerprint density at radius 2 is 1.62 bits per heavy atom. The van der Waals surface area contributed by atoms with Crippen LogP contribution in [0.1, 0.15) is 40.9 Å². The highest BCUT2D eigenvalue weighted by molar-refractivity contribution is 8.29. The Bertz CT molecular complexity index is 1440. The van der Waals surface area contributed by atoms with E-state index in [2.05, 4.69) is 0 Å². The van der Waals surface area contributed by atoms with E-state index in [1.54, 1.807) is 0 Å². The first-order valence-corrected chi connectivity index (χ1v) is 13.2. The molecule has 2 aliphatic heterocycles. The van der Waals surface area contributed by atoms with Gasteiger partial charge in [0.1, 0.15) is 10.7 Å². The highest BCUT2D eigenvalue weighted by atomic mass is 32.2. The van der Waals surface area contributed by atoms with Gasteiger partial charge in [-0.3, -0.25) is 9.69 Å². The summed E-state index contributed by atoms with van der Waals surface area (Å²) in [5.41, 5.74) is 3.07. The Hall–Kier alpha value is -2.95. The molecule has 0 saturated carbocycles. The number of hydrogen-bond donors (Lipinski definition) is 0. The molecule has 0 spiro atoms. The first-order chi connectivity index (χ1) is 17.4. The summed E-state index contributed by atoms with van der Waals surface area (Å²) in [6, 6.07) is 9.15. The average molecular weight is 558 g/mol. The lowest BCUT2D eigenvalue weighted by molar-refractivity contribution is -0.135. The topological polar surface area (TPSA) is 72.9 Å². The SMILES string of the molecule is COC(=O)C1=C(C(=O)c2cccc(F)c2)SC(=C2C(=S)C(C)(C)N(C(=O)OC)c3cc(C)c(C)cc32)S1. The van der Waals surface area contributed by atoms with Gasteiger partial charge in [0.15, 0.2) is 0 Å². The molecule has 0 bridgehead atoms. The van der Waals surface area contributed by atoms with Crippen molar-refractivity contribution in [1.29, 1.82) is 0 Å². The summed E-state index contributed by atoms with van der Waals surface area (Å²) in [5.74, 6) is -1.73. The molecule has 2 aromatic carbocycles. The minimum Gasteiger partial charge on any atom is -0.465 e. The van der Waals surface area contributed by atoms with Gasteiger partial charge in [-0.05, 0) is 63.1 Å². The smallest absolute Gasteiger partial charge is 0.414 e. The molecule has 0 aromatic heterocycles. The van der Waals surface area contributed by atoms with Gasteiger partial charge in [-0.1, -0.05) is 47.9 Å². The van der Waals surface area contributed by atoms with Crippen LogP contribution in [0.3, 0.4) is 0 Å². The summed E-state index contributed by atoms with van der Waals surface area (Å²) in [6.07, 6.45) is -0.553. The van der Waals surface area contributed by atoms with Crippen molar-refractivity contribution in [3.63, 3.8) is 0 Å². The van der Waals surface area contributed by atoms with Gasteiger partial charge < -0.3 is 9.47 Å². The number of amides is 1. The highest BCUT2D eigenvalue weighted by Crippen LogP contribution is 2.56. The largest absolute Gasteiger partial charge is 0.465 e. The molecular formula is C27H24FNO5S3. The molecule has 0 radical (unpaired) electrons. The van der Waals surface area contributed by atoms with Crippen LogP contribution in [-0.2, 0) is 14.3 Å². The van der Waals surface area contributed by atoms with Gasteiger partial charge in [0.2, 0.25) is 5.78 Å². The van der Waals surface area contributed by atoms with Crippen LogP contribution in [0.25, 0.3) is 5.57 Å². The molecular weight excluding hydrogens is 533 g/mol. The summed E-state index contributed by atoms with van der Waals surface area (Å²) >= 11 is 8.13. The molecule has 6 nitrogen and oxygen atoms in total. The van der Waals surface area contributed by atoms with Crippen molar-refractivity contribution in [2.45, 2.75) is 33.2 Å². The Kier molecular flexibility index (Phi) is 7.38. The molecule has 2 aliphatic rings. The van der Waals surface area contributed by atoms with E-state index in [0.717, 1.165) is 40.7 Å². The normalized spacial score (nSPS) is 18.6. The number of benzene rings is 2. The number of ether oxygens (including phenoxy) is 2. The number of anilines is 1. The molecule has 0 aliphatic carbocycles. The summed E-state index contributed by atoms with van der Waals surface area (Å²) in [4.78, 5) is 41.2. The fourth-order valence-electron chi connectivity index (χ4n) is 4.18. The fourth-order valence-corrected chi connectivity index (χ4v) is 7.26. The molecule has 0 fully saturated rings. The molecule has 10 heteroatoms. The van der Waals surface area contributed by atoms with Gasteiger partial charge >= 0.3 is 12.1 Å². The van der Waals surface area contributed by atoms with Crippen LogP contribution in [0.4, 0.5) is 14.9 Å². The Morgan fingerprint density at radius 1 is 0.973 bits per heavy atom. The van der Waals surface area contributed by atoms with Gasteiger partial charge in [0, 0.05) is 16.7 Å². The minimum atomic E-state index is -0.957. The first-order valence-electron chi connectivity index (χ1n) is 11.2. The molecule has 2 heterocycles. The van der Waals surface area contributed by atoms with Crippen molar-refractivity contribution in [1.82, 2.24) is 0 Å². The van der Waals surface area contributed by atoms with E-state index >= 15 is 0 Å². The van der Waals surface area contributed by atoms with Crippen LogP contribution in [-0.4, -0.2) is 42.5 Å². The molecule has 37 heavy (non-hydrogen) atoms. The molecule has 192 valence electrons. The van der Waals surface area contributed by atoms with E-state index in [0.29, 0.717) is 25.9 Å². The number of fused-ring (bicyclic) bond motifs is 1. The third-order valence-corrected chi connectivity index (χ3v) is 9.57. The number of carbonyl (C=O) groups excluding carboxylic acids is 3. The molecule has 1 amide bonds. The van der Waals surface area contributed by atoms with Crippen molar-refractivity contribution in [3.8, 4) is 0 Å². The first kappa shape index (κ1) is 27.1. The summed E-state index contributed by atoms with van der Waals surface area (Å²) < 4.78 is 24.5. The van der Waals surface area contributed by atoms with E-state index in [1.165, 1.54) is 37.3 Å². The van der Waals surface area contributed by atoms with Crippen molar-refractivity contribution in [2.75, 3.05) is 19.1 Å². The predicted molar refractivity (Wildman–Crippen MR) is 149 cm³/mol. The number of nitrogens with zero attached hydrogens (tertiary/aromatic N) is 1. The lowest BCUT2D eigenvalue weighted by atomic mass is 9.82. The zero-order valence-electron chi connectivity index (χ0n) is 21.1. The van der Waals surface area contributed by atoms with Gasteiger partial charge in [0.05, 0.1) is 39.5 Å². The fraction of sp³-hybridized carbons (Fsp3) is 0.259. The molecule has 0 saturated heterocycles. The second-order valence-corrected chi connectivity index (χ2v) is 11.7. The van der Waals surface area contributed by atoms with Crippen LogP contribution >= 0.6 is 35.7 Å². The lowest BCUT2D eigenvalue weighted by Crippen LogP contribution is -2.56. The zero-order chi connectivity index (χ0) is 27.2. The quantitative estimate of drug-likeness (QED) is 0.181. The second kappa shape index (κ2) is 10.1. The summed E-state index contributed by atoms with van der Waals surface area (Å²) in [7, 11) is 2.55. The molecule has 0 atom stereocenters. The van der Waals surface area contributed by atoms with E-state index in [-0.39, 0.29) is 15.4 Å². The maximum atomic E-state index is 13.9. The number of thioether (sulfide) groups is 2. The van der Waals surface area contributed by atoms with E-state index in [1.807, 2.05) is 39.8 Å². The second-order valence-electron chi connectivity index (χ2n) is 9.00. The Balaban J connectivity index is 1.93. The van der Waals surface area contributed by atoms with Crippen LogP contribution in [0, 0.1) is 19.7 Å². The number of esters is 1. The molecule has 0 N–H and O–H groups in total. The molecule has 0 unspecified atom stereocenters. The number of ketones is 1. The number of hydrogen-bond acceptors (Lipinski definition) is 8. The zero-order valence-corrected chi connectivity index (χ0v) is 23.5. The summed E-state index contributed by atoms with van der Waals surface area (Å²) in [6.45, 7) is 7.55. The number of aryl methyl sites for hydroxylation is 2. The van der Waals surface area contributed by atoms with E-state index in [9.17, 15) is 18.8 Å².